The highest BCUT2D eigenvalue weighted by Gasteiger charge is 2.02. The van der Waals surface area contributed by atoms with Crippen molar-refractivity contribution >= 4 is 44.3 Å². The zero-order valence-corrected chi connectivity index (χ0v) is 17.6. The van der Waals surface area contributed by atoms with Crippen LogP contribution >= 0.6 is 31.9 Å². The Morgan fingerprint density at radius 2 is 1.19 bits per heavy atom. The minimum atomic E-state index is 0.181. The number of phenolic OH excluding ortho intramolecular Hbond substituents is 2. The van der Waals surface area contributed by atoms with Crippen LogP contribution in [0.15, 0.2) is 55.5 Å². The second-order valence-electron chi connectivity index (χ2n) is 5.66. The van der Waals surface area contributed by atoms with E-state index < -0.39 is 0 Å². The number of likely N-dealkylation sites (N-methyl/N-ethyl adjacent to an activating group) is 2. The summed E-state index contributed by atoms with van der Waals surface area (Å²) in [6, 6.07) is 10.4. The molecule has 8 heteroatoms. The summed E-state index contributed by atoms with van der Waals surface area (Å²) in [5.41, 5.74) is 1.28. The molecule has 0 spiro atoms. The molecule has 0 bridgehead atoms. The number of hydrogen-bond donors (Lipinski definition) is 2. The summed E-state index contributed by atoms with van der Waals surface area (Å²) in [4.78, 5) is 0. The van der Waals surface area contributed by atoms with Crippen LogP contribution in [0.4, 0.5) is 0 Å². The summed E-state index contributed by atoms with van der Waals surface area (Å²) in [6.07, 6.45) is 3.23. The van der Waals surface area contributed by atoms with Gasteiger partial charge >= 0.3 is 0 Å². The number of hydrazone groups is 2. The molecule has 0 heterocycles. The van der Waals surface area contributed by atoms with Crippen molar-refractivity contribution in [1.82, 2.24) is 10.0 Å². The third-order valence-electron chi connectivity index (χ3n) is 3.51. The maximum atomic E-state index is 9.80. The highest BCUT2D eigenvalue weighted by atomic mass is 79.9. The van der Waals surface area contributed by atoms with E-state index in [-0.39, 0.29) is 11.5 Å². The maximum absolute atomic E-state index is 9.80. The van der Waals surface area contributed by atoms with E-state index in [4.69, 9.17) is 0 Å². The predicted molar refractivity (Wildman–Crippen MR) is 112 cm³/mol. The van der Waals surface area contributed by atoms with Gasteiger partial charge in [0.05, 0.1) is 25.5 Å². The molecule has 0 aliphatic heterocycles. The molecule has 0 aromatic heterocycles. The van der Waals surface area contributed by atoms with Crippen molar-refractivity contribution in [1.29, 1.82) is 0 Å². The molecule has 0 saturated carbocycles. The van der Waals surface area contributed by atoms with Crippen LogP contribution in [0.3, 0.4) is 0 Å². The Morgan fingerprint density at radius 3 is 1.58 bits per heavy atom. The molecule has 2 N–H and O–H groups in total. The van der Waals surface area contributed by atoms with Crippen LogP contribution in [0, 0.1) is 0 Å². The zero-order valence-electron chi connectivity index (χ0n) is 14.5. The molecule has 6 nitrogen and oxygen atoms in total. The van der Waals surface area contributed by atoms with E-state index in [9.17, 15) is 10.2 Å². The Morgan fingerprint density at radius 1 is 0.808 bits per heavy atom. The van der Waals surface area contributed by atoms with Gasteiger partial charge in [-0.1, -0.05) is 31.9 Å². The second-order valence-corrected chi connectivity index (χ2v) is 7.49. The average Bonchev–Trinajstić information content (AvgIpc) is 2.61. The van der Waals surface area contributed by atoms with Crippen LogP contribution < -0.4 is 0 Å². The molecule has 138 valence electrons. The maximum Gasteiger partial charge on any atom is 0.124 e. The molecule has 0 radical (unpaired) electrons. The standard InChI is InChI=1S/C18H20Br2N4O2/c1-23(21-11-13-9-15(19)3-5-17(13)25)7-8-24(2)22-12-14-10-16(20)4-6-18(14)26/h3-6,9-12,25-26H,7-8H2,1-2H3/b21-11+,22-12+. The molecule has 0 saturated heterocycles. The van der Waals surface area contributed by atoms with Crippen LogP contribution in [-0.2, 0) is 0 Å². The van der Waals surface area contributed by atoms with Crippen molar-refractivity contribution in [3.8, 4) is 11.5 Å². The second kappa shape index (κ2) is 9.59. The number of phenols is 2. The first kappa shape index (κ1) is 20.3. The van der Waals surface area contributed by atoms with Gasteiger partial charge in [0.1, 0.15) is 11.5 Å². The highest BCUT2D eigenvalue weighted by Crippen LogP contribution is 2.21. The van der Waals surface area contributed by atoms with Gasteiger partial charge in [-0.25, -0.2) is 0 Å². The molecule has 0 atom stereocenters. The smallest absolute Gasteiger partial charge is 0.124 e. The van der Waals surface area contributed by atoms with E-state index in [0.29, 0.717) is 24.2 Å². The highest BCUT2D eigenvalue weighted by molar-refractivity contribution is 9.10. The quantitative estimate of drug-likeness (QED) is 0.463. The Bertz CT molecular complexity index is 744. The third kappa shape index (κ3) is 6.34. The number of aromatic hydroxyl groups is 2. The van der Waals surface area contributed by atoms with Gasteiger partial charge in [-0.15, -0.1) is 0 Å². The Hall–Kier alpha value is -2.06. The monoisotopic (exact) mass is 482 g/mol. The Labute approximate surface area is 169 Å². The van der Waals surface area contributed by atoms with Crippen LogP contribution in [0.5, 0.6) is 11.5 Å². The van der Waals surface area contributed by atoms with E-state index in [1.807, 2.05) is 14.1 Å². The first-order chi connectivity index (χ1) is 12.3. The lowest BCUT2D eigenvalue weighted by molar-refractivity contribution is 0.272. The summed E-state index contributed by atoms with van der Waals surface area (Å²) in [5.74, 6) is 0.363. The Kier molecular flexibility index (Phi) is 7.47. The molecule has 2 aromatic carbocycles. The minimum Gasteiger partial charge on any atom is -0.507 e. The predicted octanol–water partition coefficient (Wildman–Crippen LogP) is 3.85. The molecule has 0 fully saturated rings. The molecule has 26 heavy (non-hydrogen) atoms. The van der Waals surface area contributed by atoms with Crippen molar-refractivity contribution < 1.29 is 10.2 Å². The summed E-state index contributed by atoms with van der Waals surface area (Å²) >= 11 is 6.74. The molecular formula is C18H20Br2N4O2. The third-order valence-corrected chi connectivity index (χ3v) is 4.50. The van der Waals surface area contributed by atoms with Crippen molar-refractivity contribution in [2.75, 3.05) is 27.2 Å². The van der Waals surface area contributed by atoms with Crippen molar-refractivity contribution in [3.63, 3.8) is 0 Å². The molecule has 2 rings (SSSR count). The SMILES string of the molecule is CN(CCN(C)/N=C/c1cc(Br)ccc1O)/N=C/c1cc(Br)ccc1O. The van der Waals surface area contributed by atoms with Crippen LogP contribution in [-0.4, -0.2) is 59.8 Å². The molecule has 2 aromatic rings. The lowest BCUT2D eigenvalue weighted by Gasteiger charge is -2.17. The average molecular weight is 484 g/mol. The van der Waals surface area contributed by atoms with Gasteiger partial charge in [-0.2, -0.15) is 10.2 Å². The lowest BCUT2D eigenvalue weighted by Crippen LogP contribution is -2.25. The van der Waals surface area contributed by atoms with Gasteiger partial charge in [0, 0.05) is 34.2 Å². The molecular weight excluding hydrogens is 464 g/mol. The zero-order chi connectivity index (χ0) is 19.1. The molecule has 0 aliphatic carbocycles. The van der Waals surface area contributed by atoms with Gasteiger partial charge in [0.2, 0.25) is 0 Å². The fraction of sp³-hybridized carbons (Fsp3) is 0.222. The summed E-state index contributed by atoms with van der Waals surface area (Å²) in [6.45, 7) is 1.28. The fourth-order valence-electron chi connectivity index (χ4n) is 1.98. The number of hydrogen-bond acceptors (Lipinski definition) is 6. The molecule has 0 amide bonds. The van der Waals surface area contributed by atoms with Crippen LogP contribution in [0.1, 0.15) is 11.1 Å². The summed E-state index contributed by atoms with van der Waals surface area (Å²) in [5, 5.41) is 31.8. The molecule has 0 aliphatic rings. The van der Waals surface area contributed by atoms with Gasteiger partial charge in [0.15, 0.2) is 0 Å². The lowest BCUT2D eigenvalue weighted by atomic mass is 10.2. The van der Waals surface area contributed by atoms with Crippen LogP contribution in [0.25, 0.3) is 0 Å². The number of halogens is 2. The van der Waals surface area contributed by atoms with Gasteiger partial charge < -0.3 is 10.2 Å². The first-order valence-electron chi connectivity index (χ1n) is 7.82. The van der Waals surface area contributed by atoms with E-state index in [2.05, 4.69) is 42.1 Å². The van der Waals surface area contributed by atoms with E-state index >= 15 is 0 Å². The first-order valence-corrected chi connectivity index (χ1v) is 9.41. The van der Waals surface area contributed by atoms with Crippen molar-refractivity contribution in [3.05, 3.63) is 56.5 Å². The van der Waals surface area contributed by atoms with Crippen molar-refractivity contribution in [2.24, 2.45) is 10.2 Å². The van der Waals surface area contributed by atoms with Crippen molar-refractivity contribution in [2.45, 2.75) is 0 Å². The summed E-state index contributed by atoms with van der Waals surface area (Å²) in [7, 11) is 3.70. The Balaban J connectivity index is 1.87. The van der Waals surface area contributed by atoms with Gasteiger partial charge in [-0.3, -0.25) is 10.0 Å². The fourth-order valence-corrected chi connectivity index (χ4v) is 2.74. The summed E-state index contributed by atoms with van der Waals surface area (Å²) < 4.78 is 1.76. The minimum absolute atomic E-state index is 0.181. The number of nitrogens with zero attached hydrogens (tertiary/aromatic N) is 4. The van der Waals surface area contributed by atoms with Gasteiger partial charge in [-0.05, 0) is 36.4 Å². The van der Waals surface area contributed by atoms with Gasteiger partial charge in [0.25, 0.3) is 0 Å². The molecule has 0 unspecified atom stereocenters. The largest absolute Gasteiger partial charge is 0.507 e. The topological polar surface area (TPSA) is 71.7 Å². The normalized spacial score (nSPS) is 11.4. The van der Waals surface area contributed by atoms with Crippen LogP contribution in [0.2, 0.25) is 0 Å². The van der Waals surface area contributed by atoms with E-state index in [1.165, 1.54) is 0 Å². The van der Waals surface area contributed by atoms with E-state index in [1.54, 1.807) is 58.8 Å². The number of benzene rings is 2. The van der Waals surface area contributed by atoms with E-state index in [0.717, 1.165) is 8.95 Å². The number of rotatable bonds is 7.